The molecule has 8 heteroatoms. The minimum atomic E-state index is -0.0756. The number of carbonyl (C=O) groups is 2. The molecular formula is C20H27N5O3. The first-order valence-corrected chi connectivity index (χ1v) is 9.51. The Labute approximate surface area is 165 Å². The molecule has 0 aromatic carbocycles. The van der Waals surface area contributed by atoms with Crippen LogP contribution in [-0.2, 0) is 27.4 Å². The van der Waals surface area contributed by atoms with Gasteiger partial charge < -0.3 is 14.5 Å². The Balaban J connectivity index is 1.69. The molecule has 0 bridgehead atoms. The number of rotatable bonds is 7. The predicted octanol–water partition coefficient (Wildman–Crippen LogP) is 1.25. The summed E-state index contributed by atoms with van der Waals surface area (Å²) in [4.78, 5) is 33.2. The van der Waals surface area contributed by atoms with E-state index in [1.54, 1.807) is 23.3 Å². The average molecular weight is 385 g/mol. The van der Waals surface area contributed by atoms with Crippen molar-refractivity contribution in [1.29, 1.82) is 0 Å². The van der Waals surface area contributed by atoms with Crippen molar-refractivity contribution in [3.63, 3.8) is 0 Å². The molecule has 1 aliphatic rings. The van der Waals surface area contributed by atoms with Crippen LogP contribution in [0.25, 0.3) is 0 Å². The molecule has 0 saturated carbocycles. The number of nitrogens with zero attached hydrogens (tertiary/aromatic N) is 5. The van der Waals surface area contributed by atoms with Crippen LogP contribution in [0.15, 0.2) is 36.9 Å². The molecule has 1 saturated heterocycles. The number of hydrogen-bond acceptors (Lipinski definition) is 5. The molecule has 2 aromatic rings. The van der Waals surface area contributed by atoms with E-state index in [0.29, 0.717) is 19.6 Å². The second kappa shape index (κ2) is 9.45. The van der Waals surface area contributed by atoms with E-state index in [0.717, 1.165) is 24.0 Å². The summed E-state index contributed by atoms with van der Waals surface area (Å²) in [7, 11) is 1.52. The Kier molecular flexibility index (Phi) is 6.76. The van der Waals surface area contributed by atoms with Crippen LogP contribution in [0.5, 0.6) is 0 Å². The fourth-order valence-corrected chi connectivity index (χ4v) is 3.54. The number of likely N-dealkylation sites (tertiary alicyclic amines) is 1. The lowest BCUT2D eigenvalue weighted by atomic mass is 10.0. The summed E-state index contributed by atoms with van der Waals surface area (Å²) < 4.78 is 6.73. The number of ether oxygens (including phenoxy) is 1. The standard InChI is InChI=1S/C20H27N5O3/c1-16-9-22-24(11-16)14-19(26)23-8-4-6-18(13-23)25(20(27)15-28-2)12-17-5-3-7-21-10-17/h3,5,7,9-11,18H,4,6,8,12-15H2,1-2H3. The maximum Gasteiger partial charge on any atom is 0.249 e. The summed E-state index contributed by atoms with van der Waals surface area (Å²) in [6.07, 6.45) is 8.79. The van der Waals surface area contributed by atoms with Gasteiger partial charge in [-0.05, 0) is 37.0 Å². The van der Waals surface area contributed by atoms with Crippen molar-refractivity contribution >= 4 is 11.8 Å². The van der Waals surface area contributed by atoms with E-state index < -0.39 is 0 Å². The number of pyridine rings is 1. The van der Waals surface area contributed by atoms with Crippen molar-refractivity contribution in [3.8, 4) is 0 Å². The lowest BCUT2D eigenvalue weighted by Crippen LogP contribution is -2.52. The van der Waals surface area contributed by atoms with Gasteiger partial charge in [-0.25, -0.2) is 0 Å². The van der Waals surface area contributed by atoms with Crippen LogP contribution in [0.2, 0.25) is 0 Å². The zero-order valence-corrected chi connectivity index (χ0v) is 16.5. The van der Waals surface area contributed by atoms with E-state index in [4.69, 9.17) is 4.74 Å². The molecule has 8 nitrogen and oxygen atoms in total. The van der Waals surface area contributed by atoms with Crippen molar-refractivity contribution in [2.24, 2.45) is 0 Å². The van der Waals surface area contributed by atoms with Gasteiger partial charge in [-0.3, -0.25) is 19.3 Å². The van der Waals surface area contributed by atoms with Gasteiger partial charge in [0.15, 0.2) is 0 Å². The van der Waals surface area contributed by atoms with Gasteiger partial charge >= 0.3 is 0 Å². The third kappa shape index (κ3) is 5.16. The van der Waals surface area contributed by atoms with E-state index in [1.807, 2.05) is 35.1 Å². The molecule has 0 radical (unpaired) electrons. The molecular weight excluding hydrogens is 358 g/mol. The highest BCUT2D eigenvalue weighted by Gasteiger charge is 2.30. The van der Waals surface area contributed by atoms with Crippen LogP contribution < -0.4 is 0 Å². The molecule has 28 heavy (non-hydrogen) atoms. The lowest BCUT2D eigenvalue weighted by Gasteiger charge is -2.39. The van der Waals surface area contributed by atoms with Crippen LogP contribution in [0, 0.1) is 6.92 Å². The first-order chi connectivity index (χ1) is 13.6. The Bertz CT molecular complexity index is 792. The minimum Gasteiger partial charge on any atom is -0.375 e. The molecule has 1 fully saturated rings. The van der Waals surface area contributed by atoms with Crippen LogP contribution in [0.4, 0.5) is 0 Å². The second-order valence-electron chi connectivity index (χ2n) is 7.17. The summed E-state index contributed by atoms with van der Waals surface area (Å²) in [6.45, 7) is 3.87. The fraction of sp³-hybridized carbons (Fsp3) is 0.500. The van der Waals surface area contributed by atoms with Gasteiger partial charge in [0.25, 0.3) is 0 Å². The quantitative estimate of drug-likeness (QED) is 0.717. The summed E-state index contributed by atoms with van der Waals surface area (Å²) in [5, 5.41) is 4.19. The molecule has 0 N–H and O–H groups in total. The van der Waals surface area contributed by atoms with Crippen molar-refractivity contribution in [2.75, 3.05) is 26.8 Å². The summed E-state index contributed by atoms with van der Waals surface area (Å²) >= 11 is 0. The van der Waals surface area contributed by atoms with Gasteiger partial charge in [-0.15, -0.1) is 0 Å². The number of piperidine rings is 1. The van der Waals surface area contributed by atoms with E-state index in [-0.39, 0.29) is 31.0 Å². The van der Waals surface area contributed by atoms with Gasteiger partial charge in [0.2, 0.25) is 11.8 Å². The zero-order chi connectivity index (χ0) is 19.9. The monoisotopic (exact) mass is 385 g/mol. The highest BCUT2D eigenvalue weighted by Crippen LogP contribution is 2.19. The molecule has 0 spiro atoms. The topological polar surface area (TPSA) is 80.6 Å². The average Bonchev–Trinajstić information content (AvgIpc) is 3.11. The number of methoxy groups -OCH3 is 1. The first-order valence-electron chi connectivity index (χ1n) is 9.51. The maximum atomic E-state index is 12.7. The normalized spacial score (nSPS) is 16.8. The van der Waals surface area contributed by atoms with Gasteiger partial charge in [0.1, 0.15) is 13.2 Å². The third-order valence-corrected chi connectivity index (χ3v) is 4.91. The van der Waals surface area contributed by atoms with Gasteiger partial charge in [0.05, 0.1) is 6.20 Å². The Hall–Kier alpha value is -2.74. The van der Waals surface area contributed by atoms with Gasteiger partial charge in [0, 0.05) is 51.4 Å². The molecule has 2 amide bonds. The third-order valence-electron chi connectivity index (χ3n) is 4.91. The van der Waals surface area contributed by atoms with E-state index in [1.165, 1.54) is 7.11 Å². The fourth-order valence-electron chi connectivity index (χ4n) is 3.54. The van der Waals surface area contributed by atoms with Crippen molar-refractivity contribution in [2.45, 2.75) is 38.9 Å². The molecule has 3 rings (SSSR count). The summed E-state index contributed by atoms with van der Waals surface area (Å²) in [5.41, 5.74) is 1.99. The Morgan fingerprint density at radius 2 is 2.21 bits per heavy atom. The highest BCUT2D eigenvalue weighted by molar-refractivity contribution is 5.78. The summed E-state index contributed by atoms with van der Waals surface area (Å²) in [5.74, 6) is -0.0540. The number of aromatic nitrogens is 3. The smallest absolute Gasteiger partial charge is 0.249 e. The van der Waals surface area contributed by atoms with E-state index in [9.17, 15) is 9.59 Å². The van der Waals surface area contributed by atoms with Crippen molar-refractivity contribution < 1.29 is 14.3 Å². The molecule has 1 unspecified atom stereocenters. The first kappa shape index (κ1) is 20.0. The number of aryl methyl sites for hydroxylation is 1. The lowest BCUT2D eigenvalue weighted by molar-refractivity contribution is -0.143. The van der Waals surface area contributed by atoms with E-state index in [2.05, 4.69) is 10.1 Å². The number of carbonyl (C=O) groups excluding carboxylic acids is 2. The minimum absolute atomic E-state index is 0.0216. The van der Waals surface area contributed by atoms with Gasteiger partial charge in [-0.1, -0.05) is 6.07 Å². The predicted molar refractivity (Wildman–Crippen MR) is 103 cm³/mol. The number of hydrogen-bond donors (Lipinski definition) is 0. The molecule has 1 atom stereocenters. The maximum absolute atomic E-state index is 12.7. The van der Waals surface area contributed by atoms with Crippen LogP contribution in [0.1, 0.15) is 24.0 Å². The van der Waals surface area contributed by atoms with Crippen LogP contribution in [-0.4, -0.2) is 69.2 Å². The van der Waals surface area contributed by atoms with Crippen LogP contribution >= 0.6 is 0 Å². The van der Waals surface area contributed by atoms with Crippen molar-refractivity contribution in [3.05, 3.63) is 48.0 Å². The molecule has 3 heterocycles. The SMILES string of the molecule is COCC(=O)N(Cc1cccnc1)C1CCCN(C(=O)Cn2cc(C)cn2)C1. The highest BCUT2D eigenvalue weighted by atomic mass is 16.5. The van der Waals surface area contributed by atoms with Crippen molar-refractivity contribution in [1.82, 2.24) is 24.6 Å². The molecule has 2 aromatic heterocycles. The largest absolute Gasteiger partial charge is 0.375 e. The van der Waals surface area contributed by atoms with Crippen LogP contribution in [0.3, 0.4) is 0 Å². The Morgan fingerprint density at radius 3 is 2.89 bits per heavy atom. The number of amides is 2. The second-order valence-corrected chi connectivity index (χ2v) is 7.17. The molecule has 0 aliphatic carbocycles. The zero-order valence-electron chi connectivity index (χ0n) is 16.5. The molecule has 150 valence electrons. The summed E-state index contributed by atoms with van der Waals surface area (Å²) in [6, 6.07) is 3.77. The molecule has 1 aliphatic heterocycles. The van der Waals surface area contributed by atoms with Gasteiger partial charge in [-0.2, -0.15) is 5.10 Å². The Morgan fingerprint density at radius 1 is 1.36 bits per heavy atom. The van der Waals surface area contributed by atoms with E-state index >= 15 is 0 Å².